The number of carbonyl (C=O) groups excluding carboxylic acids is 2. The highest BCUT2D eigenvalue weighted by Crippen LogP contribution is 2.24. The summed E-state index contributed by atoms with van der Waals surface area (Å²) in [4.78, 5) is 30.8. The van der Waals surface area contributed by atoms with Gasteiger partial charge in [-0.15, -0.1) is 16.3 Å². The molecule has 5 nitrogen and oxygen atoms in total. The number of unbranched alkanes of at least 4 members (excludes halogenated alkanes) is 1. The minimum absolute atomic E-state index is 0.0296. The molecule has 0 saturated carbocycles. The third kappa shape index (κ3) is 4.95. The number of thiazole rings is 1. The molecule has 1 aromatic carbocycles. The van der Waals surface area contributed by atoms with Crippen molar-refractivity contribution in [2.45, 2.75) is 58.9 Å². The van der Waals surface area contributed by atoms with E-state index in [1.54, 1.807) is 0 Å². The van der Waals surface area contributed by atoms with Gasteiger partial charge >= 0.3 is 6.09 Å². The Kier molecular flexibility index (Phi) is 6.61. The van der Waals surface area contributed by atoms with Crippen molar-refractivity contribution in [1.82, 2.24) is 4.57 Å². The Hall–Kier alpha value is -2.21. The first-order chi connectivity index (χ1) is 13.1. The summed E-state index contributed by atoms with van der Waals surface area (Å²) in [7, 11) is 0. The fraction of sp³-hybridized carbons (Fsp3) is 0.476. The number of amides is 1. The number of fused-ring (bicyclic) bond motifs is 1. The molecular formula is C21H26N2O3S. The largest absolute Gasteiger partial charge is 0.448 e. The lowest BCUT2D eigenvalue weighted by Gasteiger charge is -2.14. The van der Waals surface area contributed by atoms with E-state index in [1.807, 2.05) is 42.7 Å². The minimum Gasteiger partial charge on any atom is -0.448 e. The van der Waals surface area contributed by atoms with E-state index in [4.69, 9.17) is 4.74 Å². The number of Topliss-reactive ketones (excluding diaryl/α,β-unsaturated/α-hetero) is 1. The average Bonchev–Trinajstić information content (AvgIpc) is 2.99. The maximum absolute atomic E-state index is 12.8. The van der Waals surface area contributed by atoms with Gasteiger partial charge in [-0.25, -0.2) is 4.79 Å². The van der Waals surface area contributed by atoms with Crippen molar-refractivity contribution in [2.24, 2.45) is 4.99 Å². The zero-order valence-corrected chi connectivity index (χ0v) is 16.8. The number of hydrogen-bond acceptors (Lipinski definition) is 4. The van der Waals surface area contributed by atoms with Crippen LogP contribution in [-0.2, 0) is 24.1 Å². The minimum atomic E-state index is -0.571. The highest BCUT2D eigenvalue weighted by Gasteiger charge is 2.20. The predicted molar refractivity (Wildman–Crippen MR) is 106 cm³/mol. The molecule has 0 aliphatic heterocycles. The average molecular weight is 387 g/mol. The van der Waals surface area contributed by atoms with E-state index in [9.17, 15) is 9.59 Å². The molecule has 6 heteroatoms. The molecule has 2 aromatic rings. The van der Waals surface area contributed by atoms with Crippen molar-refractivity contribution in [2.75, 3.05) is 6.61 Å². The standard InChI is InChI=1S/C21H26N2O3S/c1-3-4-13-26-21(25)22-20-23(17-7-5-6-8-19(17)27-20)14-18(24)16-11-9-15(2)10-12-16/h9-12H,3-8,13-14H2,1-2H3/b22-20-. The second-order valence-electron chi connectivity index (χ2n) is 6.92. The van der Waals surface area contributed by atoms with Crippen LogP contribution in [0.2, 0.25) is 0 Å². The zero-order valence-electron chi connectivity index (χ0n) is 16.0. The van der Waals surface area contributed by atoms with Gasteiger partial charge < -0.3 is 9.30 Å². The Morgan fingerprint density at radius 2 is 1.93 bits per heavy atom. The lowest BCUT2D eigenvalue weighted by atomic mass is 10.0. The number of ketones is 1. The van der Waals surface area contributed by atoms with Crippen molar-refractivity contribution in [3.8, 4) is 0 Å². The van der Waals surface area contributed by atoms with Crippen LogP contribution < -0.4 is 4.80 Å². The number of nitrogens with zero attached hydrogens (tertiary/aromatic N) is 2. The molecule has 0 fully saturated rings. The highest BCUT2D eigenvalue weighted by molar-refractivity contribution is 7.09. The Morgan fingerprint density at radius 1 is 1.19 bits per heavy atom. The van der Waals surface area contributed by atoms with Gasteiger partial charge in [0.05, 0.1) is 13.2 Å². The van der Waals surface area contributed by atoms with Gasteiger partial charge in [-0.05, 0) is 39.0 Å². The van der Waals surface area contributed by atoms with E-state index in [0.29, 0.717) is 17.0 Å². The van der Waals surface area contributed by atoms with Gasteiger partial charge in [0.15, 0.2) is 10.6 Å². The topological polar surface area (TPSA) is 60.7 Å². The molecule has 1 aliphatic rings. The van der Waals surface area contributed by atoms with Gasteiger partial charge in [0, 0.05) is 16.1 Å². The van der Waals surface area contributed by atoms with Crippen LogP contribution in [0.1, 0.15) is 59.1 Å². The molecule has 1 aliphatic carbocycles. The van der Waals surface area contributed by atoms with Gasteiger partial charge in [-0.1, -0.05) is 43.2 Å². The maximum atomic E-state index is 12.8. The molecule has 3 rings (SSSR count). The molecule has 27 heavy (non-hydrogen) atoms. The van der Waals surface area contributed by atoms with Gasteiger partial charge in [0.25, 0.3) is 0 Å². The fourth-order valence-corrected chi connectivity index (χ4v) is 4.37. The van der Waals surface area contributed by atoms with E-state index >= 15 is 0 Å². The van der Waals surface area contributed by atoms with Crippen LogP contribution in [0, 0.1) is 6.92 Å². The number of ether oxygens (including phenoxy) is 1. The Labute approximate surface area is 163 Å². The molecule has 1 heterocycles. The van der Waals surface area contributed by atoms with Crippen LogP contribution >= 0.6 is 11.3 Å². The van der Waals surface area contributed by atoms with Crippen LogP contribution in [0.4, 0.5) is 4.79 Å². The number of hydrogen-bond donors (Lipinski definition) is 0. The predicted octanol–water partition coefficient (Wildman–Crippen LogP) is 4.46. The maximum Gasteiger partial charge on any atom is 0.436 e. The molecule has 144 valence electrons. The molecule has 0 saturated heterocycles. The smallest absolute Gasteiger partial charge is 0.436 e. The monoisotopic (exact) mass is 386 g/mol. The molecule has 0 N–H and O–H groups in total. The number of aryl methyl sites for hydroxylation is 2. The lowest BCUT2D eigenvalue weighted by Crippen LogP contribution is -2.24. The lowest BCUT2D eigenvalue weighted by molar-refractivity contribution is 0.0969. The second kappa shape index (κ2) is 9.13. The van der Waals surface area contributed by atoms with Crippen molar-refractivity contribution < 1.29 is 14.3 Å². The zero-order chi connectivity index (χ0) is 19.2. The first-order valence-electron chi connectivity index (χ1n) is 9.61. The molecule has 0 spiro atoms. The summed E-state index contributed by atoms with van der Waals surface area (Å²) in [6.07, 6.45) is 5.37. The summed E-state index contributed by atoms with van der Waals surface area (Å²) in [5.74, 6) is 0.0296. The molecule has 1 aromatic heterocycles. The molecule has 0 unspecified atom stereocenters. The third-order valence-corrected chi connectivity index (χ3v) is 5.93. The van der Waals surface area contributed by atoms with Crippen LogP contribution in [0.15, 0.2) is 29.3 Å². The van der Waals surface area contributed by atoms with Crippen LogP contribution in [0.5, 0.6) is 0 Å². The van der Waals surface area contributed by atoms with E-state index in [0.717, 1.165) is 49.8 Å². The molecule has 0 bridgehead atoms. The molecule has 0 atom stereocenters. The van der Waals surface area contributed by atoms with E-state index < -0.39 is 6.09 Å². The molecule has 0 radical (unpaired) electrons. The van der Waals surface area contributed by atoms with Gasteiger partial charge in [0.2, 0.25) is 0 Å². The first kappa shape index (κ1) is 19.5. The number of aromatic nitrogens is 1. The van der Waals surface area contributed by atoms with E-state index in [-0.39, 0.29) is 12.3 Å². The summed E-state index contributed by atoms with van der Waals surface area (Å²) in [5.41, 5.74) is 2.95. The number of carbonyl (C=O) groups is 2. The fourth-order valence-electron chi connectivity index (χ4n) is 3.17. The molecular weight excluding hydrogens is 360 g/mol. The first-order valence-corrected chi connectivity index (χ1v) is 10.4. The SMILES string of the molecule is CCCCOC(=O)/N=c1\sc2c(n1CC(=O)c1ccc(C)cc1)CCCC2. The Bertz CT molecular complexity index is 878. The van der Waals surface area contributed by atoms with Crippen molar-refractivity contribution in [3.05, 3.63) is 50.8 Å². The summed E-state index contributed by atoms with van der Waals surface area (Å²) in [6.45, 7) is 4.63. The van der Waals surface area contributed by atoms with Gasteiger partial charge in [-0.2, -0.15) is 0 Å². The van der Waals surface area contributed by atoms with Crippen molar-refractivity contribution >= 4 is 23.2 Å². The normalized spacial score (nSPS) is 14.1. The summed E-state index contributed by atoms with van der Waals surface area (Å²) >= 11 is 1.51. The van der Waals surface area contributed by atoms with Crippen LogP contribution in [0.3, 0.4) is 0 Å². The molecule has 1 amide bonds. The second-order valence-corrected chi connectivity index (χ2v) is 7.98. The van der Waals surface area contributed by atoms with Crippen molar-refractivity contribution in [1.29, 1.82) is 0 Å². The van der Waals surface area contributed by atoms with Crippen molar-refractivity contribution in [3.63, 3.8) is 0 Å². The van der Waals surface area contributed by atoms with Crippen LogP contribution in [0.25, 0.3) is 0 Å². The highest BCUT2D eigenvalue weighted by atomic mass is 32.1. The number of rotatable bonds is 6. The quantitative estimate of drug-likeness (QED) is 0.544. The summed E-state index contributed by atoms with van der Waals surface area (Å²) in [6, 6.07) is 7.59. The van der Waals surface area contributed by atoms with Crippen LogP contribution in [-0.4, -0.2) is 23.1 Å². The Morgan fingerprint density at radius 3 is 2.67 bits per heavy atom. The van der Waals surface area contributed by atoms with Gasteiger partial charge in [0.1, 0.15) is 0 Å². The number of benzene rings is 1. The van der Waals surface area contributed by atoms with E-state index in [2.05, 4.69) is 4.99 Å². The van der Waals surface area contributed by atoms with E-state index in [1.165, 1.54) is 16.2 Å². The van der Waals surface area contributed by atoms with Gasteiger partial charge in [-0.3, -0.25) is 4.79 Å². The Balaban J connectivity index is 1.88. The summed E-state index contributed by atoms with van der Waals surface area (Å²) in [5, 5.41) is 0. The summed E-state index contributed by atoms with van der Waals surface area (Å²) < 4.78 is 7.10. The third-order valence-electron chi connectivity index (χ3n) is 4.75.